The molecular weight excluding hydrogens is 401 g/mol. The smallest absolute Gasteiger partial charge is 0.339 e. The quantitative estimate of drug-likeness (QED) is 0.690. The Labute approximate surface area is 130 Å². The van der Waals surface area contributed by atoms with E-state index in [1.807, 2.05) is 6.92 Å². The van der Waals surface area contributed by atoms with E-state index in [1.54, 1.807) is 18.3 Å². The number of pyridine rings is 1. The van der Waals surface area contributed by atoms with Gasteiger partial charge in [-0.25, -0.2) is 4.98 Å². The predicted molar refractivity (Wildman–Crippen MR) is 79.1 cm³/mol. The Bertz CT molecular complexity index is 642. The molecular formula is C13H9Br2F3N2. The Morgan fingerprint density at radius 3 is 2.50 bits per heavy atom. The van der Waals surface area contributed by atoms with Gasteiger partial charge < -0.3 is 5.32 Å². The molecule has 2 rings (SSSR count). The van der Waals surface area contributed by atoms with Crippen LogP contribution < -0.4 is 5.32 Å². The molecule has 2 aromatic rings. The Kier molecular flexibility index (Phi) is 4.39. The van der Waals surface area contributed by atoms with Gasteiger partial charge in [0, 0.05) is 16.4 Å². The van der Waals surface area contributed by atoms with Crippen LogP contribution in [0.3, 0.4) is 0 Å². The molecule has 2 nitrogen and oxygen atoms in total. The number of nitrogens with one attached hydrogen (secondary N) is 1. The van der Waals surface area contributed by atoms with Gasteiger partial charge in [-0.05, 0) is 52.7 Å². The molecule has 0 aliphatic heterocycles. The number of aromatic nitrogens is 1. The number of hydrogen-bond acceptors (Lipinski definition) is 2. The van der Waals surface area contributed by atoms with Crippen molar-refractivity contribution < 1.29 is 13.2 Å². The molecule has 0 amide bonds. The summed E-state index contributed by atoms with van der Waals surface area (Å²) in [5.41, 5.74) is 0.529. The molecule has 0 radical (unpaired) electrons. The summed E-state index contributed by atoms with van der Waals surface area (Å²) in [6.45, 7) is 1.87. The maximum Gasteiger partial charge on any atom is 0.417 e. The Balaban J connectivity index is 2.38. The second kappa shape index (κ2) is 5.73. The maximum atomic E-state index is 12.8. The van der Waals surface area contributed by atoms with Crippen molar-refractivity contribution in [1.82, 2.24) is 4.98 Å². The van der Waals surface area contributed by atoms with Crippen molar-refractivity contribution in [1.29, 1.82) is 0 Å². The molecule has 20 heavy (non-hydrogen) atoms. The molecule has 0 fully saturated rings. The molecule has 7 heteroatoms. The van der Waals surface area contributed by atoms with E-state index in [1.165, 1.54) is 6.07 Å². The zero-order valence-electron chi connectivity index (χ0n) is 10.2. The summed E-state index contributed by atoms with van der Waals surface area (Å²) in [4.78, 5) is 4.10. The van der Waals surface area contributed by atoms with Crippen LogP contribution in [0, 0.1) is 6.92 Å². The van der Waals surface area contributed by atoms with E-state index in [0.29, 0.717) is 11.5 Å². The number of benzene rings is 1. The molecule has 1 aromatic carbocycles. The highest BCUT2D eigenvalue weighted by atomic mass is 79.9. The molecule has 106 valence electrons. The van der Waals surface area contributed by atoms with Gasteiger partial charge in [0.1, 0.15) is 5.82 Å². The zero-order valence-corrected chi connectivity index (χ0v) is 13.4. The van der Waals surface area contributed by atoms with Crippen molar-refractivity contribution in [2.75, 3.05) is 5.32 Å². The summed E-state index contributed by atoms with van der Waals surface area (Å²) >= 11 is 6.26. The minimum atomic E-state index is -4.41. The van der Waals surface area contributed by atoms with E-state index in [0.717, 1.165) is 16.1 Å². The number of anilines is 2. The van der Waals surface area contributed by atoms with Crippen LogP contribution in [0.15, 0.2) is 39.4 Å². The van der Waals surface area contributed by atoms with Crippen LogP contribution in [0.25, 0.3) is 0 Å². The molecule has 0 aliphatic carbocycles. The topological polar surface area (TPSA) is 24.9 Å². The maximum absolute atomic E-state index is 12.8. The van der Waals surface area contributed by atoms with Crippen molar-refractivity contribution in [3.05, 3.63) is 50.5 Å². The highest BCUT2D eigenvalue weighted by molar-refractivity contribution is 9.11. The van der Waals surface area contributed by atoms with E-state index in [-0.39, 0.29) is 4.47 Å². The summed E-state index contributed by atoms with van der Waals surface area (Å²) in [7, 11) is 0. The lowest BCUT2D eigenvalue weighted by molar-refractivity contribution is -0.138. The number of hydrogen-bond donors (Lipinski definition) is 1. The van der Waals surface area contributed by atoms with E-state index in [9.17, 15) is 13.2 Å². The zero-order chi connectivity index (χ0) is 14.9. The predicted octanol–water partition coefficient (Wildman–Crippen LogP) is 5.68. The Morgan fingerprint density at radius 1 is 1.15 bits per heavy atom. The van der Waals surface area contributed by atoms with Crippen LogP contribution in [0.2, 0.25) is 0 Å². The van der Waals surface area contributed by atoms with Crippen molar-refractivity contribution >= 4 is 43.4 Å². The van der Waals surface area contributed by atoms with Gasteiger partial charge in [-0.2, -0.15) is 13.2 Å². The Morgan fingerprint density at radius 2 is 1.85 bits per heavy atom. The van der Waals surface area contributed by atoms with Crippen LogP contribution in [0.4, 0.5) is 24.7 Å². The van der Waals surface area contributed by atoms with Crippen LogP contribution in [0.5, 0.6) is 0 Å². The second-order valence-electron chi connectivity index (χ2n) is 4.11. The van der Waals surface area contributed by atoms with E-state index in [4.69, 9.17) is 0 Å². The highest BCUT2D eigenvalue weighted by Gasteiger charge is 2.33. The third-order valence-corrected chi connectivity index (χ3v) is 4.31. The minimum absolute atomic E-state index is 0.00631. The van der Waals surface area contributed by atoms with Gasteiger partial charge in [0.05, 0.1) is 10.0 Å². The summed E-state index contributed by atoms with van der Waals surface area (Å²) in [5, 5.41) is 2.87. The number of aryl methyl sites for hydroxylation is 1. The van der Waals surface area contributed by atoms with Gasteiger partial charge in [-0.3, -0.25) is 0 Å². The van der Waals surface area contributed by atoms with Crippen molar-refractivity contribution in [2.45, 2.75) is 13.1 Å². The van der Waals surface area contributed by atoms with E-state index in [2.05, 4.69) is 42.2 Å². The average Bonchev–Trinajstić information content (AvgIpc) is 2.36. The summed E-state index contributed by atoms with van der Waals surface area (Å²) in [5.74, 6) is 0.473. The normalized spacial score (nSPS) is 11.5. The van der Waals surface area contributed by atoms with Crippen LogP contribution >= 0.6 is 31.9 Å². The Hall–Kier alpha value is -1.08. The molecule has 0 aliphatic rings. The first-order valence-electron chi connectivity index (χ1n) is 5.54. The largest absolute Gasteiger partial charge is 0.417 e. The van der Waals surface area contributed by atoms with Crippen LogP contribution in [-0.4, -0.2) is 4.98 Å². The molecule has 0 saturated heterocycles. The highest BCUT2D eigenvalue weighted by Crippen LogP contribution is 2.37. The van der Waals surface area contributed by atoms with Crippen molar-refractivity contribution in [3.63, 3.8) is 0 Å². The number of nitrogens with zero attached hydrogens (tertiary/aromatic N) is 1. The van der Waals surface area contributed by atoms with E-state index < -0.39 is 11.7 Å². The lowest BCUT2D eigenvalue weighted by atomic mass is 10.2. The van der Waals surface area contributed by atoms with Gasteiger partial charge in [0.2, 0.25) is 0 Å². The molecule has 1 heterocycles. The molecule has 0 bridgehead atoms. The fraction of sp³-hybridized carbons (Fsp3) is 0.154. The molecule has 0 spiro atoms. The lowest BCUT2D eigenvalue weighted by Gasteiger charge is -2.13. The number of alkyl halides is 3. The monoisotopic (exact) mass is 408 g/mol. The van der Waals surface area contributed by atoms with Gasteiger partial charge in [0.15, 0.2) is 0 Å². The molecule has 1 aromatic heterocycles. The fourth-order valence-corrected chi connectivity index (χ4v) is 2.39. The van der Waals surface area contributed by atoms with E-state index >= 15 is 0 Å². The van der Waals surface area contributed by atoms with Crippen molar-refractivity contribution in [3.8, 4) is 0 Å². The SMILES string of the molecule is Cc1ccnc(Nc2ccc(Br)c(C(F)(F)F)c2)c1Br. The van der Waals surface area contributed by atoms with Crippen LogP contribution in [0.1, 0.15) is 11.1 Å². The molecule has 1 N–H and O–H groups in total. The van der Waals surface area contributed by atoms with Gasteiger partial charge in [-0.1, -0.05) is 15.9 Å². The van der Waals surface area contributed by atoms with Crippen molar-refractivity contribution in [2.24, 2.45) is 0 Å². The standard InChI is InChI=1S/C13H9Br2F3N2/c1-7-4-5-19-12(11(7)15)20-8-2-3-10(14)9(6-8)13(16,17)18/h2-6H,1H3,(H,19,20). The number of halogens is 5. The average molecular weight is 410 g/mol. The number of rotatable bonds is 2. The van der Waals surface area contributed by atoms with Gasteiger partial charge in [-0.15, -0.1) is 0 Å². The summed E-state index contributed by atoms with van der Waals surface area (Å²) in [6, 6.07) is 5.75. The van der Waals surface area contributed by atoms with Gasteiger partial charge in [0.25, 0.3) is 0 Å². The molecule has 0 unspecified atom stereocenters. The van der Waals surface area contributed by atoms with Gasteiger partial charge >= 0.3 is 6.18 Å². The fourth-order valence-electron chi connectivity index (χ4n) is 1.58. The molecule has 0 atom stereocenters. The first-order chi connectivity index (χ1) is 9.29. The van der Waals surface area contributed by atoms with Crippen LogP contribution in [-0.2, 0) is 6.18 Å². The lowest BCUT2D eigenvalue weighted by Crippen LogP contribution is -2.07. The second-order valence-corrected chi connectivity index (χ2v) is 5.76. The first kappa shape index (κ1) is 15.3. The first-order valence-corrected chi connectivity index (χ1v) is 7.12. The third-order valence-electron chi connectivity index (χ3n) is 2.62. The third kappa shape index (κ3) is 3.32. The minimum Gasteiger partial charge on any atom is -0.339 e. The summed E-state index contributed by atoms with van der Waals surface area (Å²) < 4.78 is 39.2. The molecule has 0 saturated carbocycles. The summed E-state index contributed by atoms with van der Waals surface area (Å²) in [6.07, 6.45) is -2.82.